The number of benzene rings is 2. The molecule has 0 atom stereocenters. The number of nitrogens with zero attached hydrogens (tertiary/aromatic N) is 6. The van der Waals surface area contributed by atoms with Crippen molar-refractivity contribution >= 4 is 39.6 Å². The zero-order chi connectivity index (χ0) is 37.0. The maximum absolute atomic E-state index is 14.0. The summed E-state index contributed by atoms with van der Waals surface area (Å²) >= 11 is 0. The van der Waals surface area contributed by atoms with E-state index in [1.165, 1.54) is 6.08 Å². The second-order valence-corrected chi connectivity index (χ2v) is 15.4. The Bertz CT molecular complexity index is 2010. The van der Waals surface area contributed by atoms with Crippen LogP contribution in [0.25, 0.3) is 39.0 Å². The Kier molecular flexibility index (Phi) is 9.31. The summed E-state index contributed by atoms with van der Waals surface area (Å²) in [7, 11) is 0. The van der Waals surface area contributed by atoms with Crippen LogP contribution >= 0.6 is 0 Å². The van der Waals surface area contributed by atoms with Crippen molar-refractivity contribution in [3.63, 3.8) is 0 Å². The number of carbonyl (C=O) groups excluding carboxylic acids is 1. The predicted octanol–water partition coefficient (Wildman–Crippen LogP) is 6.63. The van der Waals surface area contributed by atoms with Crippen molar-refractivity contribution in [3.8, 4) is 16.9 Å². The first-order valence-electron chi connectivity index (χ1n) is 17.9. The van der Waals surface area contributed by atoms with E-state index in [1.807, 2.05) is 30.0 Å². The van der Waals surface area contributed by atoms with Crippen LogP contribution in [0, 0.1) is 12.3 Å². The van der Waals surface area contributed by atoms with E-state index in [9.17, 15) is 23.1 Å². The summed E-state index contributed by atoms with van der Waals surface area (Å²) in [6.07, 6.45) is 3.24. The van der Waals surface area contributed by atoms with Crippen LogP contribution in [0.15, 0.2) is 43.6 Å². The third-order valence-corrected chi connectivity index (χ3v) is 10.9. The Labute approximate surface area is 301 Å². The molecule has 0 bridgehead atoms. The molecule has 3 aliphatic rings. The van der Waals surface area contributed by atoms with Gasteiger partial charge in [0.15, 0.2) is 12.4 Å². The summed E-state index contributed by atoms with van der Waals surface area (Å²) in [5.41, 5.74) is 2.88. The smallest absolute Gasteiger partial charge is 0.422 e. The number of piperidine rings is 2. The van der Waals surface area contributed by atoms with Crippen molar-refractivity contribution < 1.29 is 27.8 Å². The number of carbonyl (C=O) groups is 1. The number of likely N-dealkylation sites (tertiary alicyclic amines) is 2. The highest BCUT2D eigenvalue weighted by atomic mass is 19.4. The topological polar surface area (TPSA) is 111 Å². The molecule has 0 aliphatic carbocycles. The lowest BCUT2D eigenvalue weighted by molar-refractivity contribution is -0.153. The summed E-state index contributed by atoms with van der Waals surface area (Å²) in [5, 5.41) is 19.0. The van der Waals surface area contributed by atoms with Crippen molar-refractivity contribution in [1.82, 2.24) is 30.0 Å². The molecule has 2 N–H and O–H groups in total. The number of β-amino-alcohol motifs (C(OH)–C–C–N with tert-alkyl or cyclic N) is 1. The summed E-state index contributed by atoms with van der Waals surface area (Å²) in [6.45, 7) is 16.4. The Balaban J connectivity index is 1.37. The number of aromatic amines is 1. The van der Waals surface area contributed by atoms with Gasteiger partial charge < -0.3 is 24.5 Å². The van der Waals surface area contributed by atoms with Crippen LogP contribution in [0.5, 0.6) is 5.75 Å². The number of aromatic nitrogens is 4. The molecular weight excluding hydrogens is 671 g/mol. The Hall–Kier alpha value is -4.49. The van der Waals surface area contributed by atoms with E-state index in [-0.39, 0.29) is 23.0 Å². The maximum Gasteiger partial charge on any atom is 0.422 e. The lowest BCUT2D eigenvalue weighted by atomic mass is 9.72. The predicted molar refractivity (Wildman–Crippen MR) is 196 cm³/mol. The Morgan fingerprint density at radius 3 is 2.42 bits per heavy atom. The summed E-state index contributed by atoms with van der Waals surface area (Å²) in [5.74, 6) is 1.17. The molecule has 3 aliphatic heterocycles. The number of ether oxygens (including phenoxy) is 1. The fraction of sp³-hybridized carbons (Fsp3) is 0.487. The molecule has 7 rings (SSSR count). The number of halogens is 3. The van der Waals surface area contributed by atoms with Gasteiger partial charge in [0.2, 0.25) is 5.91 Å². The number of anilines is 1. The maximum atomic E-state index is 14.0. The molecule has 276 valence electrons. The van der Waals surface area contributed by atoms with Crippen LogP contribution in [0.2, 0.25) is 0 Å². The number of fused-ring (bicyclic) bond motifs is 2. The van der Waals surface area contributed by atoms with Crippen LogP contribution in [-0.4, -0.2) is 105 Å². The number of alkyl halides is 3. The Morgan fingerprint density at radius 1 is 1.08 bits per heavy atom. The van der Waals surface area contributed by atoms with Gasteiger partial charge in [-0.15, -0.1) is 0 Å². The summed E-state index contributed by atoms with van der Waals surface area (Å²) < 4.78 is 47.8. The number of amides is 1. The van der Waals surface area contributed by atoms with E-state index in [0.29, 0.717) is 72.0 Å². The Morgan fingerprint density at radius 2 is 1.79 bits per heavy atom. The van der Waals surface area contributed by atoms with Gasteiger partial charge in [-0.25, -0.2) is 9.97 Å². The molecule has 5 heterocycles. The first-order chi connectivity index (χ1) is 24.7. The molecule has 2 aromatic heterocycles. The van der Waals surface area contributed by atoms with Gasteiger partial charge in [0, 0.05) is 60.4 Å². The van der Waals surface area contributed by atoms with Crippen LogP contribution in [0.3, 0.4) is 0 Å². The molecule has 1 spiro atoms. The van der Waals surface area contributed by atoms with Crippen LogP contribution in [0.4, 0.5) is 19.0 Å². The minimum Gasteiger partial charge on any atom is -0.481 e. The van der Waals surface area contributed by atoms with E-state index in [4.69, 9.17) is 14.7 Å². The van der Waals surface area contributed by atoms with Gasteiger partial charge in [-0.3, -0.25) is 9.89 Å². The average Bonchev–Trinajstić information content (AvgIpc) is 3.57. The normalized spacial score (nSPS) is 18.6. The number of rotatable bonds is 9. The monoisotopic (exact) mass is 717 g/mol. The number of nitrogens with one attached hydrogen (secondary N) is 1. The van der Waals surface area contributed by atoms with Gasteiger partial charge in [0.25, 0.3) is 0 Å². The molecule has 1 amide bonds. The number of aryl methyl sites for hydroxylation is 1. The summed E-state index contributed by atoms with van der Waals surface area (Å²) in [4.78, 5) is 28.8. The molecule has 52 heavy (non-hydrogen) atoms. The molecule has 0 saturated carbocycles. The molecule has 0 radical (unpaired) electrons. The quantitative estimate of drug-likeness (QED) is 0.186. The van der Waals surface area contributed by atoms with Crippen LogP contribution in [-0.2, 0) is 4.79 Å². The molecular formula is C39H46F3N7O3. The van der Waals surface area contributed by atoms with Crippen molar-refractivity contribution in [2.75, 3.05) is 57.3 Å². The highest BCUT2D eigenvalue weighted by Gasteiger charge is 2.46. The van der Waals surface area contributed by atoms with Gasteiger partial charge in [-0.1, -0.05) is 25.3 Å². The van der Waals surface area contributed by atoms with Gasteiger partial charge >= 0.3 is 6.18 Å². The highest BCUT2D eigenvalue weighted by molar-refractivity contribution is 6.07. The fourth-order valence-corrected chi connectivity index (χ4v) is 8.31. The first-order valence-corrected chi connectivity index (χ1v) is 17.9. The fourth-order valence-electron chi connectivity index (χ4n) is 8.31. The first kappa shape index (κ1) is 35.9. The second-order valence-electron chi connectivity index (χ2n) is 15.4. The minimum absolute atomic E-state index is 0.0232. The van der Waals surface area contributed by atoms with E-state index < -0.39 is 18.4 Å². The molecule has 0 unspecified atom stereocenters. The van der Waals surface area contributed by atoms with Crippen LogP contribution < -0.4 is 9.64 Å². The van der Waals surface area contributed by atoms with E-state index in [1.54, 1.807) is 26.1 Å². The lowest BCUT2D eigenvalue weighted by Crippen LogP contribution is -2.61. The molecule has 10 nitrogen and oxygen atoms in total. The number of hydrogen-bond acceptors (Lipinski definition) is 8. The van der Waals surface area contributed by atoms with E-state index in [2.05, 4.69) is 33.2 Å². The summed E-state index contributed by atoms with van der Waals surface area (Å²) in [6, 6.07) is 5.73. The molecule has 3 saturated heterocycles. The SMILES string of the molecule is C=CC(=O)N1CC2(CCN(c3nc(C4CCN(CC(C)(C)O)CC4)nc4c(OCC(F)(F)F)c(-c5c(C)ccc6[nH]ncc56)c(C=C)cc34)CC2)C1. The molecule has 4 aromatic rings. The number of H-pyrrole nitrogens is 1. The number of aliphatic hydroxyl groups is 1. The van der Waals surface area contributed by atoms with Gasteiger partial charge in [0.05, 0.1) is 17.3 Å². The standard InChI is InChI=1S/C39H46F3N7O3/c1-6-25-18-27-33(34(52-23-39(40,41)42)32(25)31-24(3)8-9-29-28(31)19-43-46-29)44-35(26-10-14-47(15-11-26)20-37(4,5)51)45-36(27)48-16-12-38(13-17-48)21-49(22-38)30(50)7-2/h6-9,18-19,26,51H,1-2,10-17,20-23H2,3-5H3,(H,43,46). The van der Waals surface area contributed by atoms with Crippen molar-refractivity contribution in [2.45, 2.75) is 64.1 Å². The second kappa shape index (κ2) is 13.5. The zero-order valence-corrected chi connectivity index (χ0v) is 30.0. The van der Waals surface area contributed by atoms with Crippen molar-refractivity contribution in [1.29, 1.82) is 0 Å². The molecule has 3 fully saturated rings. The number of hydrogen-bond donors (Lipinski definition) is 2. The van der Waals surface area contributed by atoms with Gasteiger partial charge in [-0.05, 0) is 94.4 Å². The van der Waals surface area contributed by atoms with Crippen molar-refractivity contribution in [2.24, 2.45) is 5.41 Å². The third kappa shape index (κ3) is 7.00. The average molecular weight is 718 g/mol. The zero-order valence-electron chi connectivity index (χ0n) is 30.0. The van der Waals surface area contributed by atoms with E-state index >= 15 is 0 Å². The third-order valence-electron chi connectivity index (χ3n) is 10.9. The molecule has 2 aromatic carbocycles. The van der Waals surface area contributed by atoms with E-state index in [0.717, 1.165) is 55.2 Å². The van der Waals surface area contributed by atoms with Crippen molar-refractivity contribution in [3.05, 3.63) is 60.6 Å². The largest absolute Gasteiger partial charge is 0.481 e. The highest BCUT2D eigenvalue weighted by Crippen LogP contribution is 2.48. The minimum atomic E-state index is -4.60. The van der Waals surface area contributed by atoms with Gasteiger partial charge in [-0.2, -0.15) is 18.3 Å². The van der Waals surface area contributed by atoms with Crippen LogP contribution in [0.1, 0.15) is 62.4 Å². The van der Waals surface area contributed by atoms with Gasteiger partial charge in [0.1, 0.15) is 17.2 Å². The lowest BCUT2D eigenvalue weighted by Gasteiger charge is -2.54. The molecule has 13 heteroatoms.